The Balaban J connectivity index is 1.84. The van der Waals surface area contributed by atoms with Crippen LogP contribution >= 0.6 is 12.2 Å². The van der Waals surface area contributed by atoms with E-state index in [1.807, 2.05) is 0 Å². The molecule has 0 unspecified atom stereocenters. The van der Waals surface area contributed by atoms with Gasteiger partial charge < -0.3 is 10.1 Å². The molecule has 0 spiro atoms. The molecular formula is C16H16N4O3S. The Labute approximate surface area is 144 Å². The van der Waals surface area contributed by atoms with E-state index >= 15 is 0 Å². The number of rotatable bonds is 4. The van der Waals surface area contributed by atoms with Crippen LogP contribution in [-0.2, 0) is 4.74 Å². The molecule has 24 heavy (non-hydrogen) atoms. The van der Waals surface area contributed by atoms with Gasteiger partial charge in [-0.2, -0.15) is 0 Å². The van der Waals surface area contributed by atoms with Crippen molar-refractivity contribution in [1.82, 2.24) is 15.8 Å². The van der Waals surface area contributed by atoms with E-state index in [1.165, 1.54) is 6.20 Å². The number of nitrogens with one attached hydrogen (secondary N) is 3. The summed E-state index contributed by atoms with van der Waals surface area (Å²) in [6, 6.07) is 9.91. The molecule has 0 bridgehead atoms. The maximum absolute atomic E-state index is 11.8. The number of benzene rings is 1. The summed E-state index contributed by atoms with van der Waals surface area (Å²) in [5, 5.41) is 3.09. The van der Waals surface area contributed by atoms with Crippen molar-refractivity contribution in [2.45, 2.75) is 6.92 Å². The van der Waals surface area contributed by atoms with Gasteiger partial charge in [-0.05, 0) is 55.5 Å². The summed E-state index contributed by atoms with van der Waals surface area (Å²) in [6.45, 7) is 2.07. The monoisotopic (exact) mass is 344 g/mol. The lowest BCUT2D eigenvalue weighted by Crippen LogP contribution is -2.43. The molecule has 2 rings (SSSR count). The molecule has 2 aromatic rings. The number of anilines is 1. The second-order valence-corrected chi connectivity index (χ2v) is 4.98. The minimum atomic E-state index is -0.381. The summed E-state index contributed by atoms with van der Waals surface area (Å²) in [4.78, 5) is 27.2. The largest absolute Gasteiger partial charge is 0.462 e. The van der Waals surface area contributed by atoms with Crippen molar-refractivity contribution in [3.8, 4) is 0 Å². The van der Waals surface area contributed by atoms with Crippen molar-refractivity contribution < 1.29 is 14.3 Å². The first kappa shape index (κ1) is 17.4. The Bertz CT molecular complexity index is 720. The third-order valence-corrected chi connectivity index (χ3v) is 3.07. The molecule has 0 aliphatic carbocycles. The molecule has 124 valence electrons. The molecule has 0 aliphatic rings. The predicted molar refractivity (Wildman–Crippen MR) is 93.5 cm³/mol. The van der Waals surface area contributed by atoms with E-state index in [0.717, 1.165) is 0 Å². The van der Waals surface area contributed by atoms with Gasteiger partial charge in [-0.1, -0.05) is 0 Å². The zero-order chi connectivity index (χ0) is 17.4. The van der Waals surface area contributed by atoms with Crippen LogP contribution in [0.4, 0.5) is 5.69 Å². The van der Waals surface area contributed by atoms with Crippen LogP contribution in [0.25, 0.3) is 0 Å². The lowest BCUT2D eigenvalue weighted by atomic mass is 10.2. The fraction of sp³-hybridized carbons (Fsp3) is 0.125. The Morgan fingerprint density at radius 3 is 2.50 bits per heavy atom. The van der Waals surface area contributed by atoms with Crippen LogP contribution in [0.2, 0.25) is 0 Å². The van der Waals surface area contributed by atoms with Crippen LogP contribution in [0.3, 0.4) is 0 Å². The van der Waals surface area contributed by atoms with Crippen LogP contribution < -0.4 is 16.2 Å². The molecule has 7 nitrogen and oxygen atoms in total. The van der Waals surface area contributed by atoms with Crippen LogP contribution in [0.5, 0.6) is 0 Å². The highest BCUT2D eigenvalue weighted by molar-refractivity contribution is 7.80. The third kappa shape index (κ3) is 5.03. The smallest absolute Gasteiger partial charge is 0.338 e. The molecular weight excluding hydrogens is 328 g/mol. The number of amides is 1. The molecule has 1 amide bonds. The molecule has 1 heterocycles. The normalized spacial score (nSPS) is 9.71. The SMILES string of the molecule is CCOC(=O)c1ccc(NC(=S)NNC(=O)c2cccnc2)cc1. The van der Waals surface area contributed by atoms with E-state index in [2.05, 4.69) is 21.2 Å². The average molecular weight is 344 g/mol. The van der Waals surface area contributed by atoms with Crippen LogP contribution in [0.1, 0.15) is 27.6 Å². The highest BCUT2D eigenvalue weighted by atomic mass is 32.1. The van der Waals surface area contributed by atoms with E-state index in [4.69, 9.17) is 17.0 Å². The molecule has 8 heteroatoms. The summed E-state index contributed by atoms with van der Waals surface area (Å²) in [7, 11) is 0. The minimum absolute atomic E-state index is 0.205. The predicted octanol–water partition coefficient (Wildman–Crippen LogP) is 1.89. The second kappa shape index (κ2) is 8.59. The van der Waals surface area contributed by atoms with Crippen molar-refractivity contribution in [1.29, 1.82) is 0 Å². The molecule has 3 N–H and O–H groups in total. The molecule has 0 saturated carbocycles. The maximum atomic E-state index is 11.8. The van der Waals surface area contributed by atoms with Gasteiger partial charge in [0.2, 0.25) is 0 Å². The first-order chi connectivity index (χ1) is 11.6. The Kier molecular flexibility index (Phi) is 6.21. The summed E-state index contributed by atoms with van der Waals surface area (Å²) >= 11 is 5.09. The summed E-state index contributed by atoms with van der Waals surface area (Å²) in [5.74, 6) is -0.738. The van der Waals surface area contributed by atoms with Crippen molar-refractivity contribution in [3.05, 3.63) is 59.9 Å². The molecule has 0 fully saturated rings. The average Bonchev–Trinajstić information content (AvgIpc) is 2.61. The Hall–Kier alpha value is -3.00. The molecule has 0 radical (unpaired) electrons. The Morgan fingerprint density at radius 2 is 1.88 bits per heavy atom. The number of hydrogen-bond donors (Lipinski definition) is 3. The van der Waals surface area contributed by atoms with Gasteiger partial charge in [0, 0.05) is 18.1 Å². The fourth-order valence-corrected chi connectivity index (χ4v) is 1.92. The van der Waals surface area contributed by atoms with Gasteiger partial charge in [-0.25, -0.2) is 4.79 Å². The number of hydrazine groups is 1. The number of carbonyl (C=O) groups excluding carboxylic acids is 2. The lowest BCUT2D eigenvalue weighted by Gasteiger charge is -2.11. The number of esters is 1. The molecule has 1 aromatic heterocycles. The maximum Gasteiger partial charge on any atom is 0.338 e. The summed E-state index contributed by atoms with van der Waals surface area (Å²) < 4.78 is 4.91. The van der Waals surface area contributed by atoms with Gasteiger partial charge in [0.05, 0.1) is 17.7 Å². The van der Waals surface area contributed by atoms with Gasteiger partial charge >= 0.3 is 5.97 Å². The van der Waals surface area contributed by atoms with Crippen LogP contribution in [-0.4, -0.2) is 28.6 Å². The standard InChI is InChI=1S/C16H16N4O3S/c1-2-23-15(22)11-5-7-13(8-6-11)18-16(24)20-19-14(21)12-4-3-9-17-10-12/h3-10H,2H2,1H3,(H,19,21)(H2,18,20,24). The first-order valence-electron chi connectivity index (χ1n) is 7.14. The number of aromatic nitrogens is 1. The van der Waals surface area contributed by atoms with Gasteiger partial charge in [0.1, 0.15) is 0 Å². The van der Waals surface area contributed by atoms with Gasteiger partial charge in [0.15, 0.2) is 5.11 Å². The fourth-order valence-electron chi connectivity index (χ4n) is 1.75. The van der Waals surface area contributed by atoms with E-state index < -0.39 is 0 Å². The van der Waals surface area contributed by atoms with Gasteiger partial charge in [0.25, 0.3) is 5.91 Å². The number of nitrogens with zero attached hydrogens (tertiary/aromatic N) is 1. The summed E-state index contributed by atoms with van der Waals surface area (Å²) in [5.41, 5.74) is 6.57. The summed E-state index contributed by atoms with van der Waals surface area (Å²) in [6.07, 6.45) is 3.03. The number of pyridine rings is 1. The highest BCUT2D eigenvalue weighted by Crippen LogP contribution is 2.10. The van der Waals surface area contributed by atoms with Crippen molar-refractivity contribution >= 4 is 34.9 Å². The number of ether oxygens (including phenoxy) is 1. The van der Waals surface area contributed by atoms with Crippen molar-refractivity contribution in [2.24, 2.45) is 0 Å². The van der Waals surface area contributed by atoms with E-state index in [1.54, 1.807) is 49.5 Å². The van der Waals surface area contributed by atoms with Crippen molar-refractivity contribution in [2.75, 3.05) is 11.9 Å². The first-order valence-corrected chi connectivity index (χ1v) is 7.55. The zero-order valence-corrected chi connectivity index (χ0v) is 13.7. The highest BCUT2D eigenvalue weighted by Gasteiger charge is 2.07. The lowest BCUT2D eigenvalue weighted by molar-refractivity contribution is 0.0526. The second-order valence-electron chi connectivity index (χ2n) is 4.57. The third-order valence-electron chi connectivity index (χ3n) is 2.87. The van der Waals surface area contributed by atoms with Gasteiger partial charge in [-0.15, -0.1) is 0 Å². The van der Waals surface area contributed by atoms with E-state index in [0.29, 0.717) is 23.4 Å². The van der Waals surface area contributed by atoms with Crippen molar-refractivity contribution in [3.63, 3.8) is 0 Å². The van der Waals surface area contributed by atoms with Gasteiger partial charge in [-0.3, -0.25) is 20.6 Å². The molecule has 0 aliphatic heterocycles. The Morgan fingerprint density at radius 1 is 1.12 bits per heavy atom. The zero-order valence-electron chi connectivity index (χ0n) is 12.9. The van der Waals surface area contributed by atoms with E-state index in [9.17, 15) is 9.59 Å². The number of thiocarbonyl (C=S) groups is 1. The quantitative estimate of drug-likeness (QED) is 0.443. The van der Waals surface area contributed by atoms with Crippen LogP contribution in [0.15, 0.2) is 48.8 Å². The number of hydrogen-bond acceptors (Lipinski definition) is 5. The minimum Gasteiger partial charge on any atom is -0.462 e. The van der Waals surface area contributed by atoms with E-state index in [-0.39, 0.29) is 17.0 Å². The number of carbonyl (C=O) groups is 2. The molecule has 1 aromatic carbocycles. The topological polar surface area (TPSA) is 92.4 Å². The molecule has 0 atom stereocenters. The van der Waals surface area contributed by atoms with Crippen LogP contribution in [0, 0.1) is 0 Å². The molecule has 0 saturated heterocycles.